The van der Waals surface area contributed by atoms with Gasteiger partial charge in [-0.2, -0.15) is 0 Å². The molecule has 2 aromatic carbocycles. The van der Waals surface area contributed by atoms with E-state index in [0.717, 1.165) is 0 Å². The molecule has 0 aliphatic heterocycles. The summed E-state index contributed by atoms with van der Waals surface area (Å²) in [4.78, 5) is 37.4. The second kappa shape index (κ2) is 7.87. The predicted molar refractivity (Wildman–Crippen MR) is 106 cm³/mol. The van der Waals surface area contributed by atoms with Crippen LogP contribution in [-0.2, 0) is 14.3 Å². The molecule has 0 saturated heterocycles. The van der Waals surface area contributed by atoms with Crippen LogP contribution in [0.5, 0.6) is 0 Å². The number of pyridine rings is 1. The predicted octanol–water partition coefficient (Wildman–Crippen LogP) is 3.63. The number of carbonyl (C=O) groups excluding carboxylic acids is 2. The minimum atomic E-state index is -0.775. The highest BCUT2D eigenvalue weighted by molar-refractivity contribution is 6.04. The molecular formula is C22H20FNO5. The molecule has 0 unspecified atom stereocenters. The summed E-state index contributed by atoms with van der Waals surface area (Å²) in [6.07, 6.45) is 1.33. The first-order valence-corrected chi connectivity index (χ1v) is 8.95. The van der Waals surface area contributed by atoms with E-state index in [2.05, 4.69) is 0 Å². The molecule has 0 radical (unpaired) electrons. The van der Waals surface area contributed by atoms with Gasteiger partial charge in [-0.1, -0.05) is 18.2 Å². The summed E-state index contributed by atoms with van der Waals surface area (Å²) in [5.41, 5.74) is -0.571. The number of carbonyl (C=O) groups is 2. The number of nitrogens with zero attached hydrogens (tertiary/aromatic N) is 1. The first-order chi connectivity index (χ1) is 13.7. The Morgan fingerprint density at radius 3 is 2.24 bits per heavy atom. The Balaban J connectivity index is 1.99. The van der Waals surface area contributed by atoms with Crippen LogP contribution in [0.1, 0.15) is 31.1 Å². The third kappa shape index (κ3) is 4.68. The van der Waals surface area contributed by atoms with Gasteiger partial charge in [0.25, 0.3) is 5.56 Å². The number of fused-ring (bicyclic) bond motifs is 1. The lowest BCUT2D eigenvalue weighted by molar-refractivity contribution is -0.158. The minimum absolute atomic E-state index is 0.105. The molecule has 1 heterocycles. The fourth-order valence-corrected chi connectivity index (χ4v) is 2.82. The van der Waals surface area contributed by atoms with Gasteiger partial charge >= 0.3 is 11.9 Å². The number of hydrogen-bond acceptors (Lipinski definition) is 5. The van der Waals surface area contributed by atoms with Crippen molar-refractivity contribution in [3.05, 3.63) is 76.5 Å². The van der Waals surface area contributed by atoms with Gasteiger partial charge in [0.05, 0.1) is 5.56 Å². The monoisotopic (exact) mass is 397 g/mol. The molecule has 0 spiro atoms. The molecule has 0 fully saturated rings. The molecule has 0 aliphatic rings. The molecule has 0 amide bonds. The number of hydrogen-bond donors (Lipinski definition) is 0. The Kier molecular flexibility index (Phi) is 5.50. The van der Waals surface area contributed by atoms with Crippen molar-refractivity contribution in [1.29, 1.82) is 0 Å². The lowest BCUT2D eigenvalue weighted by atomic mass is 10.1. The molecule has 0 N–H and O–H groups in total. The van der Waals surface area contributed by atoms with Gasteiger partial charge in [0, 0.05) is 22.7 Å². The topological polar surface area (TPSA) is 74.6 Å². The van der Waals surface area contributed by atoms with Crippen LogP contribution in [0.25, 0.3) is 16.5 Å². The highest BCUT2D eigenvalue weighted by Crippen LogP contribution is 2.19. The molecule has 0 atom stereocenters. The quantitative estimate of drug-likeness (QED) is 0.629. The molecule has 29 heavy (non-hydrogen) atoms. The largest absolute Gasteiger partial charge is 0.457 e. The van der Waals surface area contributed by atoms with Gasteiger partial charge in [0.2, 0.25) is 0 Å². The first-order valence-electron chi connectivity index (χ1n) is 8.95. The summed E-state index contributed by atoms with van der Waals surface area (Å²) >= 11 is 0. The van der Waals surface area contributed by atoms with Crippen LogP contribution < -0.4 is 5.56 Å². The van der Waals surface area contributed by atoms with Crippen LogP contribution in [0, 0.1) is 5.82 Å². The van der Waals surface area contributed by atoms with E-state index in [1.165, 1.54) is 35.0 Å². The Morgan fingerprint density at radius 2 is 1.62 bits per heavy atom. The summed E-state index contributed by atoms with van der Waals surface area (Å²) < 4.78 is 24.7. The second-order valence-corrected chi connectivity index (χ2v) is 7.40. The minimum Gasteiger partial charge on any atom is -0.457 e. The molecule has 3 rings (SSSR count). The summed E-state index contributed by atoms with van der Waals surface area (Å²) in [7, 11) is 0. The highest BCUT2D eigenvalue weighted by Gasteiger charge is 2.20. The van der Waals surface area contributed by atoms with E-state index >= 15 is 0 Å². The van der Waals surface area contributed by atoms with Gasteiger partial charge in [-0.15, -0.1) is 0 Å². The zero-order valence-corrected chi connectivity index (χ0v) is 16.3. The fourth-order valence-electron chi connectivity index (χ4n) is 2.82. The fraction of sp³-hybridized carbons (Fsp3) is 0.227. The Labute approximate surface area is 166 Å². The molecule has 150 valence electrons. The molecule has 7 heteroatoms. The third-order valence-corrected chi connectivity index (χ3v) is 3.99. The maximum atomic E-state index is 13.3. The zero-order chi connectivity index (χ0) is 21.2. The van der Waals surface area contributed by atoms with Gasteiger partial charge in [0.1, 0.15) is 11.4 Å². The van der Waals surface area contributed by atoms with Crippen molar-refractivity contribution in [2.75, 3.05) is 6.61 Å². The SMILES string of the molecule is CC(C)(C)OC(=O)COC(=O)c1cn(-c2ccc(F)cc2)c(=O)c2ccccc12. The summed E-state index contributed by atoms with van der Waals surface area (Å²) in [6, 6.07) is 11.9. The number of rotatable bonds is 4. The van der Waals surface area contributed by atoms with Crippen molar-refractivity contribution >= 4 is 22.7 Å². The standard InChI is InChI=1S/C22H20FNO5/c1-22(2,3)29-19(25)13-28-21(27)18-12-24(15-10-8-14(23)9-11-15)20(26)17-7-5-4-6-16(17)18/h4-12H,13H2,1-3H3. The van der Waals surface area contributed by atoms with Crippen molar-refractivity contribution in [3.63, 3.8) is 0 Å². The van der Waals surface area contributed by atoms with Gasteiger partial charge < -0.3 is 9.47 Å². The molecule has 6 nitrogen and oxygen atoms in total. The van der Waals surface area contributed by atoms with Crippen molar-refractivity contribution in [2.45, 2.75) is 26.4 Å². The molecule has 3 aromatic rings. The van der Waals surface area contributed by atoms with Crippen molar-refractivity contribution < 1.29 is 23.5 Å². The van der Waals surface area contributed by atoms with Gasteiger partial charge in [-0.3, -0.25) is 9.36 Å². The molecular weight excluding hydrogens is 377 g/mol. The third-order valence-electron chi connectivity index (χ3n) is 3.99. The number of esters is 2. The maximum Gasteiger partial charge on any atom is 0.344 e. The van der Waals surface area contributed by atoms with E-state index < -0.39 is 30.0 Å². The van der Waals surface area contributed by atoms with E-state index in [0.29, 0.717) is 16.5 Å². The van der Waals surface area contributed by atoms with Crippen LogP contribution in [0.15, 0.2) is 59.5 Å². The van der Waals surface area contributed by atoms with E-state index in [1.807, 2.05) is 0 Å². The Morgan fingerprint density at radius 1 is 1.00 bits per heavy atom. The van der Waals surface area contributed by atoms with Crippen LogP contribution in [-0.4, -0.2) is 28.7 Å². The normalized spacial score (nSPS) is 11.3. The zero-order valence-electron chi connectivity index (χ0n) is 16.3. The van der Waals surface area contributed by atoms with Gasteiger partial charge in [-0.05, 0) is 51.1 Å². The van der Waals surface area contributed by atoms with Crippen LogP contribution in [0.2, 0.25) is 0 Å². The number of ether oxygens (including phenoxy) is 2. The summed E-state index contributed by atoms with van der Waals surface area (Å²) in [6.45, 7) is 4.57. The smallest absolute Gasteiger partial charge is 0.344 e. The van der Waals surface area contributed by atoms with Crippen molar-refractivity contribution in [2.24, 2.45) is 0 Å². The lowest BCUT2D eigenvalue weighted by Crippen LogP contribution is -2.28. The van der Waals surface area contributed by atoms with Gasteiger partial charge in [0.15, 0.2) is 6.61 Å². The Bertz CT molecular complexity index is 1130. The summed E-state index contributed by atoms with van der Waals surface area (Å²) in [5, 5.41) is 0.689. The van der Waals surface area contributed by atoms with E-state index in [4.69, 9.17) is 9.47 Å². The average Bonchev–Trinajstić information content (AvgIpc) is 2.66. The van der Waals surface area contributed by atoms with Crippen LogP contribution in [0.3, 0.4) is 0 Å². The highest BCUT2D eigenvalue weighted by atomic mass is 19.1. The van der Waals surface area contributed by atoms with E-state index in [1.54, 1.807) is 45.0 Å². The molecule has 0 aliphatic carbocycles. The lowest BCUT2D eigenvalue weighted by Gasteiger charge is -2.19. The molecule has 1 aromatic heterocycles. The first kappa shape index (κ1) is 20.3. The Hall–Kier alpha value is -3.48. The van der Waals surface area contributed by atoms with Crippen LogP contribution in [0.4, 0.5) is 4.39 Å². The van der Waals surface area contributed by atoms with Crippen molar-refractivity contribution in [3.8, 4) is 5.69 Å². The number of halogens is 1. The summed E-state index contributed by atoms with van der Waals surface area (Å²) in [5.74, 6) is -1.90. The second-order valence-electron chi connectivity index (χ2n) is 7.40. The average molecular weight is 397 g/mol. The van der Waals surface area contributed by atoms with Gasteiger partial charge in [-0.25, -0.2) is 14.0 Å². The number of aromatic nitrogens is 1. The molecule has 0 saturated carbocycles. The molecule has 0 bridgehead atoms. The van der Waals surface area contributed by atoms with E-state index in [-0.39, 0.29) is 11.1 Å². The van der Waals surface area contributed by atoms with Crippen molar-refractivity contribution in [1.82, 2.24) is 4.57 Å². The number of benzene rings is 2. The van der Waals surface area contributed by atoms with Crippen LogP contribution >= 0.6 is 0 Å². The maximum absolute atomic E-state index is 13.3. The van der Waals surface area contributed by atoms with E-state index in [9.17, 15) is 18.8 Å².